The molecule has 0 unspecified atom stereocenters. The van der Waals surface area contributed by atoms with Gasteiger partial charge in [0.2, 0.25) is 0 Å². The maximum Gasteiger partial charge on any atom is 0.263 e. The Morgan fingerprint density at radius 3 is 2.27 bits per heavy atom. The van der Waals surface area contributed by atoms with Crippen LogP contribution in [-0.2, 0) is 10.0 Å². The van der Waals surface area contributed by atoms with Crippen molar-refractivity contribution in [3.8, 4) is 0 Å². The molecule has 3 rings (SSSR count). The second-order valence-corrected chi connectivity index (χ2v) is 6.83. The molecule has 1 aliphatic rings. The molecule has 1 saturated heterocycles. The van der Waals surface area contributed by atoms with Crippen LogP contribution in [0, 0.1) is 0 Å². The summed E-state index contributed by atoms with van der Waals surface area (Å²) in [5.41, 5.74) is 1.32. The molecule has 0 radical (unpaired) electrons. The van der Waals surface area contributed by atoms with Crippen LogP contribution in [0.3, 0.4) is 0 Å². The Labute approximate surface area is 131 Å². The molecule has 1 heterocycles. The highest BCUT2D eigenvalue weighted by Gasteiger charge is 2.22. The smallest absolute Gasteiger partial charge is 0.263 e. The number of piperazine rings is 1. The predicted molar refractivity (Wildman–Crippen MR) is 88.8 cm³/mol. The molecule has 116 valence electrons. The van der Waals surface area contributed by atoms with Crippen molar-refractivity contribution in [1.29, 1.82) is 0 Å². The summed E-state index contributed by atoms with van der Waals surface area (Å²) in [6, 6.07) is 16.1. The SMILES string of the molecule is O=S(=O)(Nc1ccccc1)c1ccccc1N1CCNCC1. The first-order valence-electron chi connectivity index (χ1n) is 7.29. The summed E-state index contributed by atoms with van der Waals surface area (Å²) in [4.78, 5) is 2.43. The molecule has 0 bridgehead atoms. The van der Waals surface area contributed by atoms with E-state index in [1.54, 1.807) is 36.4 Å². The molecule has 6 heteroatoms. The normalized spacial score (nSPS) is 15.5. The Morgan fingerprint density at radius 2 is 1.55 bits per heavy atom. The number of hydrogen-bond donors (Lipinski definition) is 2. The van der Waals surface area contributed by atoms with Crippen molar-refractivity contribution in [2.75, 3.05) is 35.8 Å². The van der Waals surface area contributed by atoms with E-state index in [-0.39, 0.29) is 0 Å². The predicted octanol–water partition coefficient (Wildman–Crippen LogP) is 1.90. The van der Waals surface area contributed by atoms with Gasteiger partial charge in [-0.25, -0.2) is 8.42 Å². The van der Waals surface area contributed by atoms with Crippen LogP contribution in [-0.4, -0.2) is 34.6 Å². The van der Waals surface area contributed by atoms with Gasteiger partial charge in [-0.2, -0.15) is 0 Å². The number of anilines is 2. The van der Waals surface area contributed by atoms with Gasteiger partial charge in [0.05, 0.1) is 5.69 Å². The zero-order valence-electron chi connectivity index (χ0n) is 12.2. The van der Waals surface area contributed by atoms with E-state index in [0.717, 1.165) is 31.9 Å². The van der Waals surface area contributed by atoms with Crippen LogP contribution in [0.25, 0.3) is 0 Å². The third-order valence-corrected chi connectivity index (χ3v) is 5.07. The fourth-order valence-corrected chi connectivity index (χ4v) is 3.85. The van der Waals surface area contributed by atoms with E-state index >= 15 is 0 Å². The molecule has 5 nitrogen and oxygen atoms in total. The zero-order chi connectivity index (χ0) is 15.4. The van der Waals surface area contributed by atoms with Crippen molar-refractivity contribution >= 4 is 21.4 Å². The highest BCUT2D eigenvalue weighted by Crippen LogP contribution is 2.27. The number of nitrogens with zero attached hydrogens (tertiary/aromatic N) is 1. The molecule has 0 amide bonds. The minimum absolute atomic E-state index is 0.320. The van der Waals surface area contributed by atoms with Gasteiger partial charge in [-0.3, -0.25) is 4.72 Å². The van der Waals surface area contributed by atoms with Gasteiger partial charge in [-0.1, -0.05) is 30.3 Å². The summed E-state index contributed by atoms with van der Waals surface area (Å²) >= 11 is 0. The van der Waals surface area contributed by atoms with E-state index in [1.807, 2.05) is 18.2 Å². The van der Waals surface area contributed by atoms with E-state index in [0.29, 0.717) is 10.6 Å². The maximum absolute atomic E-state index is 12.7. The van der Waals surface area contributed by atoms with Crippen molar-refractivity contribution in [1.82, 2.24) is 5.32 Å². The Morgan fingerprint density at radius 1 is 0.909 bits per heavy atom. The van der Waals surface area contributed by atoms with Gasteiger partial charge < -0.3 is 10.2 Å². The lowest BCUT2D eigenvalue weighted by atomic mass is 10.2. The summed E-state index contributed by atoms with van der Waals surface area (Å²) in [5, 5.41) is 3.28. The molecular weight excluding hydrogens is 298 g/mol. The molecule has 2 aromatic rings. The third kappa shape index (κ3) is 3.23. The third-order valence-electron chi connectivity index (χ3n) is 3.64. The largest absolute Gasteiger partial charge is 0.368 e. The van der Waals surface area contributed by atoms with Crippen LogP contribution in [0.2, 0.25) is 0 Å². The highest BCUT2D eigenvalue weighted by molar-refractivity contribution is 7.92. The number of sulfonamides is 1. The van der Waals surface area contributed by atoms with Crippen LogP contribution in [0.4, 0.5) is 11.4 Å². The van der Waals surface area contributed by atoms with E-state index in [4.69, 9.17) is 0 Å². The lowest BCUT2D eigenvalue weighted by molar-refractivity contribution is 0.581. The first-order valence-corrected chi connectivity index (χ1v) is 8.78. The molecule has 22 heavy (non-hydrogen) atoms. The first-order chi connectivity index (χ1) is 10.7. The zero-order valence-corrected chi connectivity index (χ0v) is 13.0. The second kappa shape index (κ2) is 6.37. The Kier molecular flexibility index (Phi) is 4.31. The topological polar surface area (TPSA) is 61.4 Å². The Hall–Kier alpha value is -2.05. The van der Waals surface area contributed by atoms with Crippen molar-refractivity contribution in [3.63, 3.8) is 0 Å². The molecular formula is C16H19N3O2S. The molecule has 0 spiro atoms. The van der Waals surface area contributed by atoms with Gasteiger partial charge in [0.25, 0.3) is 10.0 Å². The van der Waals surface area contributed by atoms with Gasteiger partial charge in [0.1, 0.15) is 4.90 Å². The van der Waals surface area contributed by atoms with Gasteiger partial charge in [-0.15, -0.1) is 0 Å². The average Bonchev–Trinajstić information content (AvgIpc) is 2.56. The van der Waals surface area contributed by atoms with E-state index in [9.17, 15) is 8.42 Å². The number of benzene rings is 2. The van der Waals surface area contributed by atoms with Crippen molar-refractivity contribution in [2.24, 2.45) is 0 Å². The van der Waals surface area contributed by atoms with Gasteiger partial charge >= 0.3 is 0 Å². The maximum atomic E-state index is 12.7. The van der Waals surface area contributed by atoms with Crippen molar-refractivity contribution in [2.45, 2.75) is 4.90 Å². The molecule has 0 saturated carbocycles. The van der Waals surface area contributed by atoms with Crippen LogP contribution in [0.15, 0.2) is 59.5 Å². The van der Waals surface area contributed by atoms with Crippen LogP contribution in [0.1, 0.15) is 0 Å². The van der Waals surface area contributed by atoms with Crippen LogP contribution >= 0.6 is 0 Å². The lowest BCUT2D eigenvalue weighted by Gasteiger charge is -2.30. The van der Waals surface area contributed by atoms with Gasteiger partial charge in [0, 0.05) is 31.9 Å². The highest BCUT2D eigenvalue weighted by atomic mass is 32.2. The minimum atomic E-state index is -3.61. The Bertz CT molecular complexity index is 726. The van der Waals surface area contributed by atoms with E-state index < -0.39 is 10.0 Å². The lowest BCUT2D eigenvalue weighted by Crippen LogP contribution is -2.44. The van der Waals surface area contributed by atoms with Crippen LogP contribution in [0.5, 0.6) is 0 Å². The van der Waals surface area contributed by atoms with Gasteiger partial charge in [-0.05, 0) is 24.3 Å². The van der Waals surface area contributed by atoms with Crippen molar-refractivity contribution < 1.29 is 8.42 Å². The number of para-hydroxylation sites is 2. The fourth-order valence-electron chi connectivity index (χ4n) is 2.57. The summed E-state index contributed by atoms with van der Waals surface area (Å²) < 4.78 is 28.1. The summed E-state index contributed by atoms with van der Waals surface area (Å²) in [6.07, 6.45) is 0. The standard InChI is InChI=1S/C16H19N3O2S/c20-22(21,18-14-6-2-1-3-7-14)16-9-5-4-8-15(16)19-12-10-17-11-13-19/h1-9,17-18H,10-13H2. The minimum Gasteiger partial charge on any atom is -0.368 e. The molecule has 2 N–H and O–H groups in total. The average molecular weight is 317 g/mol. The fraction of sp³-hybridized carbons (Fsp3) is 0.250. The quantitative estimate of drug-likeness (QED) is 0.904. The summed E-state index contributed by atoms with van der Waals surface area (Å²) in [6.45, 7) is 3.33. The molecule has 0 aliphatic carbocycles. The molecule has 2 aromatic carbocycles. The summed E-state index contributed by atoms with van der Waals surface area (Å²) in [7, 11) is -3.61. The number of rotatable bonds is 4. The Balaban J connectivity index is 1.93. The first kappa shape index (κ1) is 14.9. The summed E-state index contributed by atoms with van der Waals surface area (Å²) in [5.74, 6) is 0. The molecule has 0 atom stereocenters. The van der Waals surface area contributed by atoms with Crippen LogP contribution < -0.4 is 14.9 Å². The number of nitrogens with one attached hydrogen (secondary N) is 2. The van der Waals surface area contributed by atoms with E-state index in [2.05, 4.69) is 14.9 Å². The molecule has 1 fully saturated rings. The molecule has 1 aliphatic heterocycles. The van der Waals surface area contributed by atoms with Crippen molar-refractivity contribution in [3.05, 3.63) is 54.6 Å². The monoisotopic (exact) mass is 317 g/mol. The molecule has 0 aromatic heterocycles. The second-order valence-electron chi connectivity index (χ2n) is 5.18. The van der Waals surface area contributed by atoms with Gasteiger partial charge in [0.15, 0.2) is 0 Å². The van der Waals surface area contributed by atoms with E-state index in [1.165, 1.54) is 0 Å². The number of hydrogen-bond acceptors (Lipinski definition) is 4.